The molecule has 0 atom stereocenters. The van der Waals surface area contributed by atoms with Crippen molar-refractivity contribution in [1.82, 2.24) is 15.6 Å². The topological polar surface area (TPSA) is 92.4 Å². The highest BCUT2D eigenvalue weighted by molar-refractivity contribution is 6.31. The van der Waals surface area contributed by atoms with Gasteiger partial charge in [0.05, 0.1) is 23.3 Å². The van der Waals surface area contributed by atoms with E-state index in [-0.39, 0.29) is 23.7 Å². The van der Waals surface area contributed by atoms with Gasteiger partial charge in [-0.05, 0) is 61.6 Å². The summed E-state index contributed by atoms with van der Waals surface area (Å²) < 4.78 is 44.9. The van der Waals surface area contributed by atoms with Crippen molar-refractivity contribution in [3.63, 3.8) is 0 Å². The first-order valence-electron chi connectivity index (χ1n) is 10.4. The number of ether oxygens (including phenoxy) is 1. The van der Waals surface area contributed by atoms with Crippen LogP contribution in [0.2, 0.25) is 5.02 Å². The molecule has 178 valence electrons. The number of hydrogen-bond donors (Lipinski definition) is 3. The van der Waals surface area contributed by atoms with Crippen molar-refractivity contribution < 1.29 is 27.5 Å². The lowest BCUT2D eigenvalue weighted by Crippen LogP contribution is -2.41. The number of alkyl halides is 3. The highest BCUT2D eigenvalue weighted by Gasteiger charge is 2.33. The number of carbonyl (C=O) groups excluding carboxylic acids is 2. The molecule has 3 rings (SSSR count). The smallest absolute Gasteiger partial charge is 0.374 e. The van der Waals surface area contributed by atoms with E-state index in [0.29, 0.717) is 25.1 Å². The molecule has 1 heterocycles. The molecule has 0 radical (unpaired) electrons. The lowest BCUT2D eigenvalue weighted by atomic mass is 9.93. The highest BCUT2D eigenvalue weighted by atomic mass is 35.5. The molecule has 0 bridgehead atoms. The highest BCUT2D eigenvalue weighted by Crippen LogP contribution is 2.36. The molecule has 3 N–H and O–H groups in total. The lowest BCUT2D eigenvalue weighted by Gasteiger charge is -2.29. The van der Waals surface area contributed by atoms with Crippen molar-refractivity contribution in [2.75, 3.05) is 12.4 Å². The van der Waals surface area contributed by atoms with Crippen LogP contribution in [0.4, 0.5) is 23.7 Å². The van der Waals surface area contributed by atoms with Gasteiger partial charge in [-0.15, -0.1) is 0 Å². The summed E-state index contributed by atoms with van der Waals surface area (Å²) >= 11 is 5.60. The van der Waals surface area contributed by atoms with E-state index < -0.39 is 22.8 Å². The summed E-state index contributed by atoms with van der Waals surface area (Å²) in [5.74, 6) is -0.269. The van der Waals surface area contributed by atoms with E-state index in [9.17, 15) is 22.8 Å². The standard InChI is InChI=1S/C22H24ClF3N4O3/c1-27-20(31)19-10-13(8-9-28-19)12-33-16-5-2-14(3-6-16)29-21(32)30-15-4-7-18(23)17(11-15)22(24,25)26/h4,7-11,14,16H,2-3,5-6,12H2,1H3,(H,27,31)(H2,29,30,32). The number of aromatic nitrogens is 1. The average Bonchev–Trinajstić information content (AvgIpc) is 2.78. The zero-order chi connectivity index (χ0) is 24.0. The fourth-order valence-corrected chi connectivity index (χ4v) is 3.80. The molecule has 3 amide bonds. The molecule has 11 heteroatoms. The summed E-state index contributed by atoms with van der Waals surface area (Å²) in [4.78, 5) is 27.9. The van der Waals surface area contributed by atoms with Gasteiger partial charge in [-0.1, -0.05) is 11.6 Å². The molecule has 1 saturated carbocycles. The minimum Gasteiger partial charge on any atom is -0.374 e. The van der Waals surface area contributed by atoms with Crippen LogP contribution in [-0.4, -0.2) is 36.1 Å². The van der Waals surface area contributed by atoms with E-state index in [4.69, 9.17) is 16.3 Å². The predicted molar refractivity (Wildman–Crippen MR) is 117 cm³/mol. The maximum Gasteiger partial charge on any atom is 0.417 e. The summed E-state index contributed by atoms with van der Waals surface area (Å²) in [5, 5.41) is 7.31. The minimum atomic E-state index is -4.61. The number of urea groups is 1. The van der Waals surface area contributed by atoms with Gasteiger partial charge in [-0.25, -0.2) is 4.79 Å². The Balaban J connectivity index is 1.44. The predicted octanol–water partition coefficient (Wildman–Crippen LogP) is 4.76. The molecule has 1 aromatic carbocycles. The van der Waals surface area contributed by atoms with Crippen molar-refractivity contribution in [2.24, 2.45) is 0 Å². The van der Waals surface area contributed by atoms with Gasteiger partial charge in [0.25, 0.3) is 5.91 Å². The summed E-state index contributed by atoms with van der Waals surface area (Å²) in [5.41, 5.74) is 0.163. The Bertz CT molecular complexity index is 995. The van der Waals surface area contributed by atoms with Gasteiger partial charge in [-0.2, -0.15) is 13.2 Å². The maximum absolute atomic E-state index is 13.0. The van der Waals surface area contributed by atoms with Crippen LogP contribution in [0.25, 0.3) is 0 Å². The summed E-state index contributed by atoms with van der Waals surface area (Å²) in [7, 11) is 1.54. The maximum atomic E-state index is 13.0. The van der Waals surface area contributed by atoms with Gasteiger partial charge in [0.1, 0.15) is 5.69 Å². The van der Waals surface area contributed by atoms with Crippen LogP contribution in [0.3, 0.4) is 0 Å². The molecule has 0 unspecified atom stereocenters. The van der Waals surface area contributed by atoms with E-state index in [0.717, 1.165) is 30.5 Å². The van der Waals surface area contributed by atoms with Crippen molar-refractivity contribution >= 4 is 29.2 Å². The second-order valence-corrected chi connectivity index (χ2v) is 8.11. The molecule has 7 nitrogen and oxygen atoms in total. The number of hydrogen-bond acceptors (Lipinski definition) is 4. The van der Waals surface area contributed by atoms with E-state index >= 15 is 0 Å². The normalized spacial score (nSPS) is 18.5. The molecule has 1 fully saturated rings. The van der Waals surface area contributed by atoms with Gasteiger partial charge >= 0.3 is 12.2 Å². The number of halogens is 4. The molecular weight excluding hydrogens is 461 g/mol. The largest absolute Gasteiger partial charge is 0.417 e. The van der Waals surface area contributed by atoms with Crippen molar-refractivity contribution in [3.05, 3.63) is 58.4 Å². The molecule has 1 aliphatic carbocycles. The Kier molecular flexibility index (Phi) is 8.15. The van der Waals surface area contributed by atoms with Crippen LogP contribution in [-0.2, 0) is 17.5 Å². The van der Waals surface area contributed by atoms with E-state index in [2.05, 4.69) is 20.9 Å². The van der Waals surface area contributed by atoms with E-state index in [1.54, 1.807) is 18.3 Å². The van der Waals surface area contributed by atoms with Gasteiger partial charge in [0.2, 0.25) is 0 Å². The Morgan fingerprint density at radius 1 is 1.15 bits per heavy atom. The monoisotopic (exact) mass is 484 g/mol. The molecule has 1 aliphatic rings. The third-order valence-corrected chi connectivity index (χ3v) is 5.64. The molecule has 33 heavy (non-hydrogen) atoms. The number of nitrogens with zero attached hydrogens (tertiary/aromatic N) is 1. The van der Waals surface area contributed by atoms with Gasteiger partial charge in [0.15, 0.2) is 0 Å². The third kappa shape index (κ3) is 7.06. The van der Waals surface area contributed by atoms with Gasteiger partial charge in [-0.3, -0.25) is 9.78 Å². The zero-order valence-electron chi connectivity index (χ0n) is 17.8. The number of pyridine rings is 1. The van der Waals surface area contributed by atoms with Crippen LogP contribution < -0.4 is 16.0 Å². The van der Waals surface area contributed by atoms with Crippen molar-refractivity contribution in [1.29, 1.82) is 0 Å². The first-order valence-corrected chi connectivity index (χ1v) is 10.8. The average molecular weight is 485 g/mol. The van der Waals surface area contributed by atoms with E-state index in [1.165, 1.54) is 13.1 Å². The zero-order valence-corrected chi connectivity index (χ0v) is 18.6. The molecule has 0 aliphatic heterocycles. The number of rotatable bonds is 6. The molecular formula is C22H24ClF3N4O3. The van der Waals surface area contributed by atoms with Crippen LogP contribution in [0.15, 0.2) is 36.5 Å². The summed E-state index contributed by atoms with van der Waals surface area (Å²) in [6.45, 7) is 0.341. The molecule has 0 saturated heterocycles. The second kappa shape index (κ2) is 10.8. The second-order valence-electron chi connectivity index (χ2n) is 7.70. The minimum absolute atomic E-state index is 0.00772. The quantitative estimate of drug-likeness (QED) is 0.551. The molecule has 1 aromatic heterocycles. The summed E-state index contributed by atoms with van der Waals surface area (Å²) in [6.07, 6.45) is -0.258. The van der Waals surface area contributed by atoms with Crippen LogP contribution in [0.1, 0.15) is 47.3 Å². The third-order valence-electron chi connectivity index (χ3n) is 5.31. The lowest BCUT2D eigenvalue weighted by molar-refractivity contribution is -0.137. The Morgan fingerprint density at radius 3 is 2.55 bits per heavy atom. The van der Waals surface area contributed by atoms with Gasteiger partial charge < -0.3 is 20.7 Å². The Morgan fingerprint density at radius 2 is 1.88 bits per heavy atom. The Hall–Kier alpha value is -2.85. The number of nitrogens with one attached hydrogen (secondary N) is 3. The van der Waals surface area contributed by atoms with Crippen LogP contribution in [0, 0.1) is 0 Å². The summed E-state index contributed by atoms with van der Waals surface area (Å²) in [6, 6.07) is 6.00. The van der Waals surface area contributed by atoms with Crippen molar-refractivity contribution in [3.8, 4) is 0 Å². The van der Waals surface area contributed by atoms with E-state index in [1.807, 2.05) is 0 Å². The molecule has 0 spiro atoms. The van der Waals surface area contributed by atoms with Crippen LogP contribution >= 0.6 is 11.6 Å². The number of carbonyl (C=O) groups is 2. The molecule has 2 aromatic rings. The fourth-order valence-electron chi connectivity index (χ4n) is 3.58. The number of anilines is 1. The first-order chi connectivity index (χ1) is 15.7. The van der Waals surface area contributed by atoms with Crippen molar-refractivity contribution in [2.45, 2.75) is 50.6 Å². The number of benzene rings is 1. The SMILES string of the molecule is CNC(=O)c1cc(COC2CCC(NC(=O)Nc3ccc(Cl)c(C(F)(F)F)c3)CC2)ccn1. The Labute approximate surface area is 194 Å². The fraction of sp³-hybridized carbons (Fsp3) is 0.409. The van der Waals surface area contributed by atoms with Gasteiger partial charge in [0, 0.05) is 25.0 Å². The first kappa shape index (κ1) is 24.8. The van der Waals surface area contributed by atoms with Crippen LogP contribution in [0.5, 0.6) is 0 Å². The number of amides is 3.